The number of nitrogens with one attached hydrogen (secondary N) is 1. The number of carbonyl (C=O) groups is 3. The van der Waals surface area contributed by atoms with Crippen molar-refractivity contribution in [2.75, 3.05) is 23.3 Å². The molecule has 0 radical (unpaired) electrons. The summed E-state index contributed by atoms with van der Waals surface area (Å²) in [7, 11) is 0. The summed E-state index contributed by atoms with van der Waals surface area (Å²) in [5.74, 6) is -1.81. The van der Waals surface area contributed by atoms with E-state index in [9.17, 15) is 18.8 Å². The van der Waals surface area contributed by atoms with E-state index in [1.54, 1.807) is 24.3 Å². The number of rotatable bonds is 4. The number of imide groups is 1. The predicted molar refractivity (Wildman–Crippen MR) is 116 cm³/mol. The fourth-order valence-electron chi connectivity index (χ4n) is 3.73. The number of carbonyl (C=O) groups excluding carboxylic acids is 3. The molecule has 31 heavy (non-hydrogen) atoms. The molecule has 2 aliphatic rings. The van der Waals surface area contributed by atoms with Gasteiger partial charge in [0.2, 0.25) is 0 Å². The van der Waals surface area contributed by atoms with Crippen LogP contribution < -0.4 is 10.2 Å². The lowest BCUT2D eigenvalue weighted by molar-refractivity contribution is -0.120. The maximum absolute atomic E-state index is 13.2. The van der Waals surface area contributed by atoms with Crippen LogP contribution in [0.4, 0.5) is 15.8 Å². The van der Waals surface area contributed by atoms with Crippen LogP contribution in [0.2, 0.25) is 0 Å². The van der Waals surface area contributed by atoms with Crippen LogP contribution >= 0.6 is 11.6 Å². The van der Waals surface area contributed by atoms with Crippen LogP contribution in [0.1, 0.15) is 36.0 Å². The van der Waals surface area contributed by atoms with Gasteiger partial charge >= 0.3 is 0 Å². The van der Waals surface area contributed by atoms with Gasteiger partial charge in [0, 0.05) is 24.3 Å². The minimum absolute atomic E-state index is 0.0136. The third-order valence-corrected chi connectivity index (χ3v) is 5.76. The van der Waals surface area contributed by atoms with Crippen LogP contribution in [0.3, 0.4) is 0 Å². The number of benzene rings is 2. The lowest BCUT2D eigenvalue weighted by Gasteiger charge is -2.20. The molecule has 8 heteroatoms. The SMILES string of the molecule is O=C(c1ccc(NC2=C(Cl)C(=O)N(c3ccc(F)cc3)C2=O)cc1)N1CCCCCC1. The Balaban J connectivity index is 1.48. The Labute approximate surface area is 184 Å². The van der Waals surface area contributed by atoms with E-state index in [2.05, 4.69) is 5.32 Å². The summed E-state index contributed by atoms with van der Waals surface area (Å²) in [6.45, 7) is 1.52. The molecular formula is C23H21ClFN3O3. The van der Waals surface area contributed by atoms with Gasteiger partial charge in [0.05, 0.1) is 5.69 Å². The largest absolute Gasteiger partial charge is 0.350 e. The van der Waals surface area contributed by atoms with Crippen molar-refractivity contribution in [1.29, 1.82) is 0 Å². The summed E-state index contributed by atoms with van der Waals surface area (Å²) in [5.41, 5.74) is 1.24. The van der Waals surface area contributed by atoms with Crippen molar-refractivity contribution in [1.82, 2.24) is 4.90 Å². The van der Waals surface area contributed by atoms with E-state index in [4.69, 9.17) is 11.6 Å². The van der Waals surface area contributed by atoms with Crippen molar-refractivity contribution in [2.24, 2.45) is 0 Å². The minimum Gasteiger partial charge on any atom is -0.350 e. The highest BCUT2D eigenvalue weighted by Gasteiger charge is 2.39. The normalized spacial score (nSPS) is 17.2. The Bertz CT molecular complexity index is 1040. The number of nitrogens with zero attached hydrogens (tertiary/aromatic N) is 2. The molecule has 2 aliphatic heterocycles. The molecule has 1 saturated heterocycles. The predicted octanol–water partition coefficient (Wildman–Crippen LogP) is 4.28. The van der Waals surface area contributed by atoms with Gasteiger partial charge in [0.15, 0.2) is 0 Å². The van der Waals surface area contributed by atoms with E-state index < -0.39 is 17.6 Å². The Morgan fingerprint density at radius 1 is 0.871 bits per heavy atom. The zero-order valence-corrected chi connectivity index (χ0v) is 17.5. The fraction of sp³-hybridized carbons (Fsp3) is 0.261. The number of hydrogen-bond acceptors (Lipinski definition) is 4. The quantitative estimate of drug-likeness (QED) is 0.719. The Morgan fingerprint density at radius 2 is 1.48 bits per heavy atom. The van der Waals surface area contributed by atoms with Crippen molar-refractivity contribution < 1.29 is 18.8 Å². The standard InChI is InChI=1S/C23H21ClFN3O3/c24-19-20(23(31)28(22(19)30)18-11-7-16(25)8-12-18)26-17-9-5-15(6-10-17)21(29)27-13-3-1-2-4-14-27/h5-12,26H,1-4,13-14H2. The maximum atomic E-state index is 13.2. The number of amides is 3. The average molecular weight is 442 g/mol. The highest BCUT2D eigenvalue weighted by atomic mass is 35.5. The van der Waals surface area contributed by atoms with Gasteiger partial charge in [-0.15, -0.1) is 0 Å². The zero-order valence-electron chi connectivity index (χ0n) is 16.7. The molecule has 6 nitrogen and oxygen atoms in total. The van der Waals surface area contributed by atoms with Gasteiger partial charge in [0.1, 0.15) is 16.5 Å². The van der Waals surface area contributed by atoms with Crippen molar-refractivity contribution in [2.45, 2.75) is 25.7 Å². The van der Waals surface area contributed by atoms with Crippen molar-refractivity contribution in [3.63, 3.8) is 0 Å². The van der Waals surface area contributed by atoms with Crippen molar-refractivity contribution in [3.8, 4) is 0 Å². The highest BCUT2D eigenvalue weighted by molar-refractivity contribution is 6.53. The first-order valence-corrected chi connectivity index (χ1v) is 10.5. The summed E-state index contributed by atoms with van der Waals surface area (Å²) in [5, 5.41) is 2.62. The maximum Gasteiger partial charge on any atom is 0.283 e. The minimum atomic E-state index is -0.686. The second kappa shape index (κ2) is 8.89. The third-order valence-electron chi connectivity index (χ3n) is 5.41. The van der Waals surface area contributed by atoms with Gasteiger partial charge in [-0.05, 0) is 61.4 Å². The van der Waals surface area contributed by atoms with Crippen molar-refractivity contribution >= 4 is 40.7 Å². The molecule has 2 heterocycles. The Kier molecular flexibility index (Phi) is 6.04. The summed E-state index contributed by atoms with van der Waals surface area (Å²) in [6, 6.07) is 11.7. The average Bonchev–Trinajstić information content (AvgIpc) is 2.98. The molecule has 0 spiro atoms. The summed E-state index contributed by atoms with van der Waals surface area (Å²) < 4.78 is 13.2. The number of hydrogen-bond donors (Lipinski definition) is 1. The van der Waals surface area contributed by atoms with E-state index in [-0.39, 0.29) is 22.3 Å². The van der Waals surface area contributed by atoms with Crippen LogP contribution in [-0.2, 0) is 9.59 Å². The molecule has 0 aromatic heterocycles. The molecule has 2 aromatic carbocycles. The topological polar surface area (TPSA) is 69.7 Å². The molecule has 1 N–H and O–H groups in total. The van der Waals surface area contributed by atoms with Gasteiger partial charge in [-0.3, -0.25) is 14.4 Å². The first-order chi connectivity index (χ1) is 15.0. The summed E-state index contributed by atoms with van der Waals surface area (Å²) >= 11 is 6.12. The third kappa shape index (κ3) is 4.32. The first-order valence-electron chi connectivity index (χ1n) is 10.2. The van der Waals surface area contributed by atoms with E-state index in [1.807, 2.05) is 4.90 Å². The highest BCUT2D eigenvalue weighted by Crippen LogP contribution is 2.30. The van der Waals surface area contributed by atoms with E-state index >= 15 is 0 Å². The molecule has 0 saturated carbocycles. The second-order valence-corrected chi connectivity index (χ2v) is 7.90. The Morgan fingerprint density at radius 3 is 2.10 bits per heavy atom. The van der Waals surface area contributed by atoms with Gasteiger partial charge in [-0.2, -0.15) is 0 Å². The molecule has 0 atom stereocenters. The van der Waals surface area contributed by atoms with Crippen LogP contribution in [0.15, 0.2) is 59.3 Å². The number of likely N-dealkylation sites (tertiary alicyclic amines) is 1. The summed E-state index contributed by atoms with van der Waals surface area (Å²) in [4.78, 5) is 40.7. The van der Waals surface area contributed by atoms with E-state index in [0.717, 1.165) is 55.8 Å². The fourth-order valence-corrected chi connectivity index (χ4v) is 3.95. The van der Waals surface area contributed by atoms with Crippen LogP contribution in [-0.4, -0.2) is 35.7 Å². The molecule has 3 amide bonds. The monoisotopic (exact) mass is 441 g/mol. The van der Waals surface area contributed by atoms with Crippen LogP contribution in [0.25, 0.3) is 0 Å². The van der Waals surface area contributed by atoms with E-state index in [1.165, 1.54) is 12.1 Å². The van der Waals surface area contributed by atoms with Crippen LogP contribution in [0, 0.1) is 5.82 Å². The second-order valence-electron chi connectivity index (χ2n) is 7.52. The van der Waals surface area contributed by atoms with Crippen molar-refractivity contribution in [3.05, 3.63) is 70.6 Å². The molecule has 160 valence electrons. The molecule has 0 unspecified atom stereocenters. The number of halogens is 2. The van der Waals surface area contributed by atoms with Gasteiger partial charge in [-0.25, -0.2) is 9.29 Å². The summed E-state index contributed by atoms with van der Waals surface area (Å²) in [6.07, 6.45) is 4.31. The molecule has 2 aromatic rings. The lowest BCUT2D eigenvalue weighted by atomic mass is 10.1. The lowest BCUT2D eigenvalue weighted by Crippen LogP contribution is -2.32. The smallest absolute Gasteiger partial charge is 0.283 e. The first kappa shape index (κ1) is 21.1. The molecule has 4 rings (SSSR count). The molecule has 0 aliphatic carbocycles. The number of anilines is 2. The van der Waals surface area contributed by atoms with E-state index in [0.29, 0.717) is 11.3 Å². The molecule has 1 fully saturated rings. The molecule has 0 bridgehead atoms. The van der Waals surface area contributed by atoms with Gasteiger partial charge in [0.25, 0.3) is 17.7 Å². The van der Waals surface area contributed by atoms with Gasteiger partial charge in [-0.1, -0.05) is 24.4 Å². The molecular weight excluding hydrogens is 421 g/mol. The van der Waals surface area contributed by atoms with Gasteiger partial charge < -0.3 is 10.2 Å². The Hall–Kier alpha value is -3.19. The van der Waals surface area contributed by atoms with Crippen LogP contribution in [0.5, 0.6) is 0 Å². The zero-order chi connectivity index (χ0) is 22.0.